The maximum absolute atomic E-state index is 11.0. The van der Waals surface area contributed by atoms with Gasteiger partial charge >= 0.3 is 0 Å². The Balaban J connectivity index is 1.68. The van der Waals surface area contributed by atoms with Gasteiger partial charge in [0.05, 0.1) is 0 Å². The van der Waals surface area contributed by atoms with E-state index >= 15 is 0 Å². The Morgan fingerprint density at radius 3 is 2.47 bits per heavy atom. The summed E-state index contributed by atoms with van der Waals surface area (Å²) in [4.78, 5) is 0. The molecule has 3 atom stereocenters. The Morgan fingerprint density at radius 1 is 1.33 bits per heavy atom. The third-order valence-electron chi connectivity index (χ3n) is 4.02. The van der Waals surface area contributed by atoms with E-state index in [-0.39, 0.29) is 6.04 Å². The van der Waals surface area contributed by atoms with Crippen LogP contribution in [-0.4, -0.2) is 26.5 Å². The smallest absolute Gasteiger partial charge is 0.147 e. The molecule has 2 N–H and O–H groups in total. The number of rotatable bonds is 5. The molecule has 0 spiro atoms. The van der Waals surface area contributed by atoms with Gasteiger partial charge in [0.15, 0.2) is 0 Å². The molecule has 0 heterocycles. The number of hydrogen-bond donors (Lipinski definition) is 1. The molecule has 0 aromatic rings. The predicted molar refractivity (Wildman–Crippen MR) is 61.2 cm³/mol. The van der Waals surface area contributed by atoms with Crippen LogP contribution in [0.2, 0.25) is 0 Å². The van der Waals surface area contributed by atoms with Crippen molar-refractivity contribution in [3.8, 4) is 0 Å². The van der Waals surface area contributed by atoms with Crippen LogP contribution < -0.4 is 5.73 Å². The number of sulfone groups is 1. The van der Waals surface area contributed by atoms with E-state index in [1.54, 1.807) is 0 Å². The van der Waals surface area contributed by atoms with Crippen molar-refractivity contribution in [3.63, 3.8) is 0 Å². The average molecular weight is 231 g/mol. The van der Waals surface area contributed by atoms with Crippen LogP contribution in [0.15, 0.2) is 0 Å². The Hall–Kier alpha value is -0.0900. The number of fused-ring (bicyclic) bond motifs is 1. The highest BCUT2D eigenvalue weighted by molar-refractivity contribution is 7.90. The van der Waals surface area contributed by atoms with Crippen molar-refractivity contribution in [3.05, 3.63) is 0 Å². The lowest BCUT2D eigenvalue weighted by atomic mass is 10.0. The lowest BCUT2D eigenvalue weighted by Gasteiger charge is -2.12. The summed E-state index contributed by atoms with van der Waals surface area (Å²) < 4.78 is 21.9. The SMILES string of the molecule is CS(=O)(=O)CCCC(N)C1C2CCCC21. The minimum absolute atomic E-state index is 0.252. The van der Waals surface area contributed by atoms with Crippen molar-refractivity contribution in [1.82, 2.24) is 0 Å². The van der Waals surface area contributed by atoms with Crippen molar-refractivity contribution >= 4 is 9.84 Å². The maximum atomic E-state index is 11.0. The molecule has 15 heavy (non-hydrogen) atoms. The molecule has 3 nitrogen and oxygen atoms in total. The normalized spacial score (nSPS) is 36.3. The van der Waals surface area contributed by atoms with Crippen molar-refractivity contribution in [2.24, 2.45) is 23.5 Å². The van der Waals surface area contributed by atoms with Crippen LogP contribution in [0, 0.1) is 17.8 Å². The second-order valence-corrected chi connectivity index (χ2v) is 7.53. The molecule has 2 aliphatic carbocycles. The van der Waals surface area contributed by atoms with Crippen LogP contribution in [0.25, 0.3) is 0 Å². The fraction of sp³-hybridized carbons (Fsp3) is 1.00. The zero-order valence-corrected chi connectivity index (χ0v) is 10.2. The van der Waals surface area contributed by atoms with Gasteiger partial charge in [-0.25, -0.2) is 8.42 Å². The van der Waals surface area contributed by atoms with Crippen LogP contribution in [0.3, 0.4) is 0 Å². The summed E-state index contributed by atoms with van der Waals surface area (Å²) in [5, 5.41) is 0. The Kier molecular flexibility index (Phi) is 3.08. The molecule has 2 aliphatic rings. The molecule has 3 unspecified atom stereocenters. The predicted octanol–water partition coefficient (Wildman–Crippen LogP) is 1.18. The Morgan fingerprint density at radius 2 is 1.93 bits per heavy atom. The zero-order chi connectivity index (χ0) is 11.1. The number of hydrogen-bond acceptors (Lipinski definition) is 3. The van der Waals surface area contributed by atoms with Crippen molar-refractivity contribution in [1.29, 1.82) is 0 Å². The molecule has 2 rings (SSSR count). The third kappa shape index (κ3) is 2.72. The van der Waals surface area contributed by atoms with Gasteiger partial charge in [0, 0.05) is 18.1 Å². The fourth-order valence-corrected chi connectivity index (χ4v) is 3.98. The van der Waals surface area contributed by atoms with Crippen LogP contribution in [0.5, 0.6) is 0 Å². The maximum Gasteiger partial charge on any atom is 0.147 e. The molecule has 0 bridgehead atoms. The molecule has 2 fully saturated rings. The summed E-state index contributed by atoms with van der Waals surface area (Å²) in [6.07, 6.45) is 7.00. The highest BCUT2D eigenvalue weighted by Crippen LogP contribution is 2.59. The monoisotopic (exact) mass is 231 g/mol. The van der Waals surface area contributed by atoms with Gasteiger partial charge in [-0.3, -0.25) is 0 Å². The van der Waals surface area contributed by atoms with Crippen molar-refractivity contribution in [2.45, 2.75) is 38.1 Å². The van der Waals surface area contributed by atoms with Crippen molar-refractivity contribution in [2.75, 3.05) is 12.0 Å². The second-order valence-electron chi connectivity index (χ2n) is 5.27. The third-order valence-corrected chi connectivity index (χ3v) is 5.05. The highest BCUT2D eigenvalue weighted by Gasteiger charge is 2.54. The topological polar surface area (TPSA) is 60.2 Å². The molecular formula is C11H21NO2S. The summed E-state index contributed by atoms with van der Waals surface area (Å²) in [6.45, 7) is 0. The minimum Gasteiger partial charge on any atom is -0.327 e. The molecule has 0 amide bonds. The van der Waals surface area contributed by atoms with E-state index in [4.69, 9.17) is 5.73 Å². The van der Waals surface area contributed by atoms with Gasteiger partial charge in [-0.05, 0) is 43.4 Å². The lowest BCUT2D eigenvalue weighted by molar-refractivity contribution is 0.458. The van der Waals surface area contributed by atoms with Gasteiger partial charge in [0.25, 0.3) is 0 Å². The van der Waals surface area contributed by atoms with Crippen LogP contribution in [-0.2, 0) is 9.84 Å². The van der Waals surface area contributed by atoms with Crippen molar-refractivity contribution < 1.29 is 8.42 Å². The molecule has 88 valence electrons. The zero-order valence-electron chi connectivity index (χ0n) is 9.35. The standard InChI is InChI=1S/C11H21NO2S/c1-15(13,14)7-3-6-10(12)11-8-4-2-5-9(8)11/h8-11H,2-7,12H2,1H3. The van der Waals surface area contributed by atoms with Crippen LogP contribution in [0.4, 0.5) is 0 Å². The summed E-state index contributed by atoms with van der Waals surface area (Å²) in [5.41, 5.74) is 6.10. The van der Waals surface area contributed by atoms with Gasteiger partial charge in [0.1, 0.15) is 9.84 Å². The highest BCUT2D eigenvalue weighted by atomic mass is 32.2. The van der Waals surface area contributed by atoms with E-state index in [0.29, 0.717) is 5.75 Å². The molecule has 0 radical (unpaired) electrons. The van der Waals surface area contributed by atoms with E-state index in [1.165, 1.54) is 25.5 Å². The molecule has 2 saturated carbocycles. The van der Waals surface area contributed by atoms with E-state index in [9.17, 15) is 8.42 Å². The Bertz CT molecular complexity index is 315. The van der Waals surface area contributed by atoms with E-state index in [2.05, 4.69) is 0 Å². The minimum atomic E-state index is -2.80. The summed E-state index contributed by atoms with van der Waals surface area (Å²) >= 11 is 0. The van der Waals surface area contributed by atoms with E-state index < -0.39 is 9.84 Å². The van der Waals surface area contributed by atoms with Crippen LogP contribution in [0.1, 0.15) is 32.1 Å². The summed E-state index contributed by atoms with van der Waals surface area (Å²) in [5.74, 6) is 2.79. The number of nitrogens with two attached hydrogens (primary N) is 1. The van der Waals surface area contributed by atoms with Gasteiger partial charge in [-0.1, -0.05) is 6.42 Å². The summed E-state index contributed by atoms with van der Waals surface area (Å²) in [7, 11) is -2.80. The summed E-state index contributed by atoms with van der Waals surface area (Å²) in [6, 6.07) is 0.252. The quantitative estimate of drug-likeness (QED) is 0.773. The molecule has 0 aromatic heterocycles. The first kappa shape index (κ1) is 11.4. The largest absolute Gasteiger partial charge is 0.327 e. The van der Waals surface area contributed by atoms with Crippen LogP contribution >= 0.6 is 0 Å². The molecule has 0 aliphatic heterocycles. The first-order valence-corrected chi connectivity index (χ1v) is 7.98. The second kappa shape index (κ2) is 4.06. The molecule has 0 saturated heterocycles. The molecule has 4 heteroatoms. The fourth-order valence-electron chi connectivity index (χ4n) is 3.29. The molecular weight excluding hydrogens is 210 g/mol. The first-order valence-electron chi connectivity index (χ1n) is 5.92. The van der Waals surface area contributed by atoms with E-state index in [0.717, 1.165) is 30.6 Å². The van der Waals surface area contributed by atoms with E-state index in [1.807, 2.05) is 0 Å². The van der Waals surface area contributed by atoms with Gasteiger partial charge in [-0.2, -0.15) is 0 Å². The lowest BCUT2D eigenvalue weighted by Crippen LogP contribution is -2.25. The Labute approximate surface area is 92.3 Å². The van der Waals surface area contributed by atoms with Gasteiger partial charge < -0.3 is 5.73 Å². The van der Waals surface area contributed by atoms with Gasteiger partial charge in [0.2, 0.25) is 0 Å². The average Bonchev–Trinajstić information content (AvgIpc) is 2.58. The molecule has 0 aromatic carbocycles. The first-order chi connectivity index (χ1) is 6.99. The van der Waals surface area contributed by atoms with Gasteiger partial charge in [-0.15, -0.1) is 0 Å².